The lowest BCUT2D eigenvalue weighted by molar-refractivity contribution is -0.112. The highest BCUT2D eigenvalue weighted by molar-refractivity contribution is 7.99. The molecule has 27 heavy (non-hydrogen) atoms. The van der Waals surface area contributed by atoms with E-state index in [9.17, 15) is 9.59 Å². The number of hydrogen-bond donors (Lipinski definition) is 1. The quantitative estimate of drug-likeness (QED) is 0.318. The van der Waals surface area contributed by atoms with Crippen LogP contribution < -0.4 is 11.3 Å². The Morgan fingerprint density at radius 3 is 2.52 bits per heavy atom. The molecule has 0 radical (unpaired) electrons. The third kappa shape index (κ3) is 3.76. The number of nitriles is 1. The lowest BCUT2D eigenvalue weighted by Crippen LogP contribution is -2.22. The zero-order chi connectivity index (χ0) is 19.4. The first-order chi connectivity index (χ1) is 13.0. The van der Waals surface area contributed by atoms with Gasteiger partial charge in [0.15, 0.2) is 10.9 Å². The zero-order valence-corrected chi connectivity index (χ0v) is 15.4. The van der Waals surface area contributed by atoms with Crippen LogP contribution in [0.5, 0.6) is 0 Å². The number of nitrogens with zero attached hydrogens (tertiary/aromatic N) is 3. The Morgan fingerprint density at radius 2 is 1.85 bits per heavy atom. The van der Waals surface area contributed by atoms with Crippen molar-refractivity contribution in [2.45, 2.75) is 12.1 Å². The Labute approximate surface area is 159 Å². The fourth-order valence-corrected chi connectivity index (χ4v) is 3.47. The molecular weight excluding hydrogens is 360 g/mol. The van der Waals surface area contributed by atoms with Crippen molar-refractivity contribution in [1.82, 2.24) is 9.55 Å². The normalized spacial score (nSPS) is 11.7. The van der Waals surface area contributed by atoms with Crippen LogP contribution in [0.25, 0.3) is 16.6 Å². The van der Waals surface area contributed by atoms with E-state index in [0.29, 0.717) is 21.7 Å². The number of Topliss-reactive ketones (excluding diaryl/α,β-unsaturated/α-hetero) is 1. The summed E-state index contributed by atoms with van der Waals surface area (Å²) < 4.78 is 1.48. The summed E-state index contributed by atoms with van der Waals surface area (Å²) in [7, 11) is 0. The minimum absolute atomic E-state index is 0.0466. The van der Waals surface area contributed by atoms with Gasteiger partial charge in [-0.05, 0) is 31.2 Å². The molecule has 2 aromatic carbocycles. The standard InChI is InChI=1S/C20H16N4O2S/c1-13(22)16(11-21)18(25)12-27-20-23-17-10-6-5-9-15(17)19(26)24(20)14-7-3-2-4-8-14/h2-10H,12,22H2,1H3. The molecule has 1 heterocycles. The van der Waals surface area contributed by atoms with Gasteiger partial charge < -0.3 is 5.73 Å². The Morgan fingerprint density at radius 1 is 1.19 bits per heavy atom. The van der Waals surface area contributed by atoms with Gasteiger partial charge in [-0.25, -0.2) is 4.98 Å². The van der Waals surface area contributed by atoms with E-state index in [0.717, 1.165) is 11.8 Å². The molecule has 0 spiro atoms. The lowest BCUT2D eigenvalue weighted by Gasteiger charge is -2.13. The largest absolute Gasteiger partial charge is 0.401 e. The Hall–Kier alpha value is -3.37. The molecule has 2 N–H and O–H groups in total. The maximum absolute atomic E-state index is 13.0. The number of nitrogens with two attached hydrogens (primary N) is 1. The Kier molecular flexibility index (Phi) is 5.38. The highest BCUT2D eigenvalue weighted by atomic mass is 32.2. The van der Waals surface area contributed by atoms with Crippen LogP contribution in [0.15, 0.2) is 75.8 Å². The van der Waals surface area contributed by atoms with Crippen molar-refractivity contribution in [3.05, 3.63) is 76.2 Å². The molecule has 3 aromatic rings. The van der Waals surface area contributed by atoms with Crippen molar-refractivity contribution in [2.24, 2.45) is 5.73 Å². The predicted molar refractivity (Wildman–Crippen MR) is 106 cm³/mol. The van der Waals surface area contributed by atoms with E-state index in [2.05, 4.69) is 4.98 Å². The van der Waals surface area contributed by atoms with Gasteiger partial charge in [0.25, 0.3) is 5.56 Å². The van der Waals surface area contributed by atoms with Crippen LogP contribution in [0.4, 0.5) is 0 Å². The number of rotatable bonds is 5. The molecule has 7 heteroatoms. The summed E-state index contributed by atoms with van der Waals surface area (Å²) in [6, 6.07) is 18.0. The average Bonchev–Trinajstić information content (AvgIpc) is 2.67. The first-order valence-electron chi connectivity index (χ1n) is 8.12. The van der Waals surface area contributed by atoms with Gasteiger partial charge in [-0.3, -0.25) is 14.2 Å². The third-order valence-corrected chi connectivity index (χ3v) is 4.82. The number of ketones is 1. The minimum Gasteiger partial charge on any atom is -0.401 e. The zero-order valence-electron chi connectivity index (χ0n) is 14.5. The lowest BCUT2D eigenvalue weighted by atomic mass is 10.2. The second-order valence-electron chi connectivity index (χ2n) is 5.77. The number of benzene rings is 2. The number of allylic oxidation sites excluding steroid dienone is 2. The van der Waals surface area contributed by atoms with E-state index < -0.39 is 5.78 Å². The molecule has 0 saturated carbocycles. The van der Waals surface area contributed by atoms with Gasteiger partial charge in [-0.2, -0.15) is 5.26 Å². The van der Waals surface area contributed by atoms with Crippen molar-refractivity contribution >= 4 is 28.4 Å². The Balaban J connectivity index is 2.09. The molecule has 1 aromatic heterocycles. The fraction of sp³-hybridized carbons (Fsp3) is 0.100. The first kappa shape index (κ1) is 18.4. The molecule has 0 atom stereocenters. The Bertz CT molecular complexity index is 1140. The summed E-state index contributed by atoms with van der Waals surface area (Å²) in [6.45, 7) is 1.51. The number of carbonyl (C=O) groups excluding carboxylic acids is 1. The second kappa shape index (κ2) is 7.89. The maximum atomic E-state index is 13.0. The van der Waals surface area contributed by atoms with Crippen molar-refractivity contribution in [3.63, 3.8) is 0 Å². The monoisotopic (exact) mass is 376 g/mol. The molecular formula is C20H16N4O2S. The second-order valence-corrected chi connectivity index (χ2v) is 6.71. The molecule has 0 aliphatic rings. The van der Waals surface area contributed by atoms with Crippen LogP contribution in [0.3, 0.4) is 0 Å². The van der Waals surface area contributed by atoms with Crippen molar-refractivity contribution in [1.29, 1.82) is 5.26 Å². The van der Waals surface area contributed by atoms with E-state index >= 15 is 0 Å². The van der Waals surface area contributed by atoms with Crippen LogP contribution in [0, 0.1) is 11.3 Å². The molecule has 6 nitrogen and oxygen atoms in total. The number of carbonyl (C=O) groups is 1. The highest BCUT2D eigenvalue weighted by Crippen LogP contribution is 2.22. The van der Waals surface area contributed by atoms with E-state index in [-0.39, 0.29) is 22.6 Å². The molecule has 0 saturated heterocycles. The number of hydrogen-bond acceptors (Lipinski definition) is 6. The van der Waals surface area contributed by atoms with Gasteiger partial charge in [-0.15, -0.1) is 0 Å². The summed E-state index contributed by atoms with van der Waals surface area (Å²) in [5, 5.41) is 9.97. The number of aromatic nitrogens is 2. The van der Waals surface area contributed by atoms with Gasteiger partial charge >= 0.3 is 0 Å². The van der Waals surface area contributed by atoms with Gasteiger partial charge in [0.05, 0.1) is 22.3 Å². The summed E-state index contributed by atoms with van der Waals surface area (Å²) in [6.07, 6.45) is 0. The molecule has 3 rings (SSSR count). The molecule has 0 amide bonds. The van der Waals surface area contributed by atoms with Crippen molar-refractivity contribution < 1.29 is 4.79 Å². The van der Waals surface area contributed by atoms with Crippen LogP contribution >= 0.6 is 11.8 Å². The number of thioether (sulfide) groups is 1. The highest BCUT2D eigenvalue weighted by Gasteiger charge is 2.17. The smallest absolute Gasteiger partial charge is 0.266 e. The number of fused-ring (bicyclic) bond motifs is 1. The molecule has 0 bridgehead atoms. The van der Waals surface area contributed by atoms with E-state index in [1.165, 1.54) is 11.5 Å². The molecule has 0 fully saturated rings. The van der Waals surface area contributed by atoms with E-state index in [1.807, 2.05) is 24.3 Å². The summed E-state index contributed by atoms with van der Waals surface area (Å²) >= 11 is 1.10. The molecule has 0 aliphatic carbocycles. The third-order valence-electron chi connectivity index (χ3n) is 3.88. The summed E-state index contributed by atoms with van der Waals surface area (Å²) in [5.41, 5.74) is 6.69. The van der Waals surface area contributed by atoms with Crippen LogP contribution in [-0.2, 0) is 4.79 Å². The fourth-order valence-electron chi connectivity index (χ4n) is 2.59. The number of para-hydroxylation sites is 2. The van der Waals surface area contributed by atoms with Crippen LogP contribution in [0.2, 0.25) is 0 Å². The van der Waals surface area contributed by atoms with Gasteiger partial charge in [0.2, 0.25) is 0 Å². The maximum Gasteiger partial charge on any atom is 0.266 e. The van der Waals surface area contributed by atoms with E-state index in [1.54, 1.807) is 36.4 Å². The van der Waals surface area contributed by atoms with Crippen molar-refractivity contribution in [2.75, 3.05) is 5.75 Å². The van der Waals surface area contributed by atoms with Crippen molar-refractivity contribution in [3.8, 4) is 11.8 Å². The predicted octanol–water partition coefficient (Wildman–Crippen LogP) is 2.80. The van der Waals surface area contributed by atoms with Gasteiger partial charge in [0, 0.05) is 5.70 Å². The topological polar surface area (TPSA) is 102 Å². The van der Waals surface area contributed by atoms with Crippen LogP contribution in [-0.4, -0.2) is 21.1 Å². The molecule has 0 unspecified atom stereocenters. The first-order valence-corrected chi connectivity index (χ1v) is 9.11. The van der Waals surface area contributed by atoms with Gasteiger partial charge in [0.1, 0.15) is 11.6 Å². The summed E-state index contributed by atoms with van der Waals surface area (Å²) in [5.74, 6) is -0.445. The van der Waals surface area contributed by atoms with E-state index in [4.69, 9.17) is 11.0 Å². The summed E-state index contributed by atoms with van der Waals surface area (Å²) in [4.78, 5) is 29.9. The SMILES string of the molecule is CC(N)=C(C#N)C(=O)CSc1nc2ccccc2c(=O)n1-c1ccccc1. The van der Waals surface area contributed by atoms with Gasteiger partial charge in [-0.1, -0.05) is 42.1 Å². The average molecular weight is 376 g/mol. The van der Waals surface area contributed by atoms with Crippen LogP contribution in [0.1, 0.15) is 6.92 Å². The molecule has 134 valence electrons. The molecule has 0 aliphatic heterocycles. The minimum atomic E-state index is -0.399.